The monoisotopic (exact) mass is 378 g/mol. The Morgan fingerprint density at radius 2 is 1.93 bits per heavy atom. The first-order chi connectivity index (χ1) is 13.5. The lowest BCUT2D eigenvalue weighted by molar-refractivity contribution is 0.102. The number of rotatable bonds is 4. The molecule has 1 amide bonds. The highest BCUT2D eigenvalue weighted by Crippen LogP contribution is 2.24. The average molecular weight is 378 g/mol. The number of hydrogen-bond acceptors (Lipinski definition) is 3. The molecule has 144 valence electrons. The summed E-state index contributed by atoms with van der Waals surface area (Å²) in [6, 6.07) is 12.1. The van der Waals surface area contributed by atoms with E-state index in [1.165, 1.54) is 18.9 Å². The molecule has 0 saturated carbocycles. The summed E-state index contributed by atoms with van der Waals surface area (Å²) >= 11 is 0. The van der Waals surface area contributed by atoms with Gasteiger partial charge in [-0.15, -0.1) is 0 Å². The van der Waals surface area contributed by atoms with Crippen LogP contribution in [0, 0.1) is 5.82 Å². The molecule has 1 N–H and O–H groups in total. The Hall–Kier alpha value is -3.15. The highest BCUT2D eigenvalue weighted by Gasteiger charge is 2.14. The summed E-state index contributed by atoms with van der Waals surface area (Å²) in [5, 5.41) is 2.82. The number of nitrogens with zero attached hydrogens (tertiary/aromatic N) is 3. The van der Waals surface area contributed by atoms with Gasteiger partial charge in [-0.2, -0.15) is 0 Å². The molecule has 0 atom stereocenters. The van der Waals surface area contributed by atoms with Gasteiger partial charge < -0.3 is 14.8 Å². The normalized spacial score (nSPS) is 13.1. The molecule has 3 aromatic rings. The molecule has 0 radical (unpaired) electrons. The average Bonchev–Trinajstić information content (AvgIpc) is 3.12. The second kappa shape index (κ2) is 7.46. The van der Waals surface area contributed by atoms with Crippen LogP contribution in [0.3, 0.4) is 0 Å². The number of anilines is 2. The molecule has 4 rings (SSSR count). The highest BCUT2D eigenvalue weighted by molar-refractivity contribution is 6.04. The maximum Gasteiger partial charge on any atom is 0.255 e. The minimum absolute atomic E-state index is 0.286. The van der Waals surface area contributed by atoms with E-state index in [1.54, 1.807) is 31.1 Å². The van der Waals surface area contributed by atoms with Crippen molar-refractivity contribution in [1.82, 2.24) is 9.55 Å². The topological polar surface area (TPSA) is 50.2 Å². The van der Waals surface area contributed by atoms with Crippen molar-refractivity contribution in [2.75, 3.05) is 24.3 Å². The molecule has 1 aliphatic heterocycles. The highest BCUT2D eigenvalue weighted by atomic mass is 19.1. The quantitative estimate of drug-likeness (QED) is 0.735. The van der Waals surface area contributed by atoms with Crippen LogP contribution in [0.15, 0.2) is 48.7 Å². The van der Waals surface area contributed by atoms with Gasteiger partial charge in [0.1, 0.15) is 11.6 Å². The maximum atomic E-state index is 14.1. The lowest BCUT2D eigenvalue weighted by Crippen LogP contribution is -2.14. The predicted octanol–water partition coefficient (Wildman–Crippen LogP) is 4.34. The fourth-order valence-electron chi connectivity index (χ4n) is 3.49. The molecule has 1 aliphatic rings. The molecule has 0 saturated heterocycles. The summed E-state index contributed by atoms with van der Waals surface area (Å²) in [5.41, 5.74) is 3.37. The number of amides is 1. The zero-order valence-electron chi connectivity index (χ0n) is 16.1. The van der Waals surface area contributed by atoms with E-state index in [2.05, 4.69) is 16.1 Å². The SMILES string of the molecule is CN(C)c1ccc(C(=O)Nc2ccc(-c3cn4c(n3)CCCC4)cc2)cc1F. The largest absolute Gasteiger partial charge is 0.375 e. The van der Waals surface area contributed by atoms with Crippen LogP contribution in [0.5, 0.6) is 0 Å². The minimum Gasteiger partial charge on any atom is -0.375 e. The van der Waals surface area contributed by atoms with E-state index in [1.807, 2.05) is 24.3 Å². The molecule has 2 aromatic carbocycles. The molecule has 1 aromatic heterocycles. The number of nitrogens with one attached hydrogen (secondary N) is 1. The van der Waals surface area contributed by atoms with E-state index in [-0.39, 0.29) is 11.5 Å². The number of benzene rings is 2. The van der Waals surface area contributed by atoms with Crippen molar-refractivity contribution < 1.29 is 9.18 Å². The molecule has 0 fully saturated rings. The van der Waals surface area contributed by atoms with Crippen LogP contribution in [0.4, 0.5) is 15.8 Å². The van der Waals surface area contributed by atoms with Gasteiger partial charge in [-0.25, -0.2) is 9.37 Å². The second-order valence-electron chi connectivity index (χ2n) is 7.28. The van der Waals surface area contributed by atoms with E-state index < -0.39 is 5.82 Å². The fraction of sp³-hybridized carbons (Fsp3) is 0.273. The van der Waals surface area contributed by atoms with Crippen molar-refractivity contribution in [2.45, 2.75) is 25.8 Å². The molecule has 0 unspecified atom stereocenters. The summed E-state index contributed by atoms with van der Waals surface area (Å²) < 4.78 is 16.3. The van der Waals surface area contributed by atoms with Gasteiger partial charge in [0.25, 0.3) is 5.91 Å². The smallest absolute Gasteiger partial charge is 0.255 e. The summed E-state index contributed by atoms with van der Waals surface area (Å²) in [6.07, 6.45) is 5.51. The van der Waals surface area contributed by atoms with Gasteiger partial charge in [-0.3, -0.25) is 4.79 Å². The van der Waals surface area contributed by atoms with Gasteiger partial charge in [-0.1, -0.05) is 12.1 Å². The van der Waals surface area contributed by atoms with Gasteiger partial charge in [0, 0.05) is 50.1 Å². The van der Waals surface area contributed by atoms with Gasteiger partial charge in [-0.05, 0) is 43.2 Å². The zero-order chi connectivity index (χ0) is 19.7. The molecule has 0 spiro atoms. The van der Waals surface area contributed by atoms with Crippen molar-refractivity contribution in [3.05, 3.63) is 65.9 Å². The fourth-order valence-corrected chi connectivity index (χ4v) is 3.49. The van der Waals surface area contributed by atoms with Crippen LogP contribution in [0.25, 0.3) is 11.3 Å². The lowest BCUT2D eigenvalue weighted by Gasteiger charge is -2.14. The van der Waals surface area contributed by atoms with Gasteiger partial charge >= 0.3 is 0 Å². The van der Waals surface area contributed by atoms with E-state index in [0.717, 1.165) is 30.0 Å². The number of aryl methyl sites for hydroxylation is 2. The summed E-state index contributed by atoms with van der Waals surface area (Å²) in [5.74, 6) is 0.382. The van der Waals surface area contributed by atoms with Gasteiger partial charge in [0.2, 0.25) is 0 Å². The molecular formula is C22H23FN4O. The number of carbonyl (C=O) groups is 1. The number of fused-ring (bicyclic) bond motifs is 1. The third kappa shape index (κ3) is 3.63. The summed E-state index contributed by atoms with van der Waals surface area (Å²) in [7, 11) is 3.52. The Bertz CT molecular complexity index is 984. The molecule has 0 bridgehead atoms. The minimum atomic E-state index is -0.420. The first-order valence-electron chi connectivity index (χ1n) is 9.46. The van der Waals surface area contributed by atoms with Crippen LogP contribution in [0.1, 0.15) is 29.0 Å². The van der Waals surface area contributed by atoms with E-state index >= 15 is 0 Å². The third-order valence-corrected chi connectivity index (χ3v) is 5.04. The first kappa shape index (κ1) is 18.2. The van der Waals surface area contributed by atoms with Crippen molar-refractivity contribution in [1.29, 1.82) is 0 Å². The second-order valence-corrected chi connectivity index (χ2v) is 7.28. The lowest BCUT2D eigenvalue weighted by atomic mass is 10.1. The van der Waals surface area contributed by atoms with Crippen LogP contribution in [0.2, 0.25) is 0 Å². The van der Waals surface area contributed by atoms with Crippen LogP contribution < -0.4 is 10.2 Å². The summed E-state index contributed by atoms with van der Waals surface area (Å²) in [4.78, 5) is 18.8. The van der Waals surface area contributed by atoms with Crippen molar-refractivity contribution in [3.63, 3.8) is 0 Å². The molecule has 2 heterocycles. The molecular weight excluding hydrogens is 355 g/mol. The van der Waals surface area contributed by atoms with Gasteiger partial charge in [0.15, 0.2) is 0 Å². The first-order valence-corrected chi connectivity index (χ1v) is 9.46. The maximum absolute atomic E-state index is 14.1. The Balaban J connectivity index is 1.48. The Morgan fingerprint density at radius 1 is 1.14 bits per heavy atom. The van der Waals surface area contributed by atoms with Gasteiger partial charge in [0.05, 0.1) is 11.4 Å². The number of hydrogen-bond donors (Lipinski definition) is 1. The number of imidazole rings is 1. The number of aromatic nitrogens is 2. The number of carbonyl (C=O) groups excluding carboxylic acids is 1. The molecule has 5 nitrogen and oxygen atoms in total. The predicted molar refractivity (Wildman–Crippen MR) is 109 cm³/mol. The zero-order valence-corrected chi connectivity index (χ0v) is 16.1. The molecule has 6 heteroatoms. The van der Waals surface area contributed by atoms with Crippen molar-refractivity contribution in [3.8, 4) is 11.3 Å². The van der Waals surface area contributed by atoms with Crippen LogP contribution >= 0.6 is 0 Å². The number of halogens is 1. The third-order valence-electron chi connectivity index (χ3n) is 5.04. The van der Waals surface area contributed by atoms with E-state index in [4.69, 9.17) is 4.98 Å². The van der Waals surface area contributed by atoms with Crippen LogP contribution in [-0.4, -0.2) is 29.6 Å². The molecule has 0 aliphatic carbocycles. The Labute approximate surface area is 163 Å². The Kier molecular flexibility index (Phi) is 4.86. The Morgan fingerprint density at radius 3 is 2.61 bits per heavy atom. The van der Waals surface area contributed by atoms with Crippen LogP contribution in [-0.2, 0) is 13.0 Å². The summed E-state index contributed by atoms with van der Waals surface area (Å²) in [6.45, 7) is 1.03. The molecule has 28 heavy (non-hydrogen) atoms. The van der Waals surface area contributed by atoms with E-state index in [9.17, 15) is 9.18 Å². The van der Waals surface area contributed by atoms with Crippen molar-refractivity contribution >= 4 is 17.3 Å². The van der Waals surface area contributed by atoms with E-state index in [0.29, 0.717) is 11.4 Å². The standard InChI is InChI=1S/C22H23FN4O/c1-26(2)20-11-8-16(13-18(20)23)22(28)24-17-9-6-15(7-10-17)19-14-27-12-4-3-5-21(27)25-19/h6-11,13-14H,3-5,12H2,1-2H3,(H,24,28). The van der Waals surface area contributed by atoms with Crippen molar-refractivity contribution in [2.24, 2.45) is 0 Å².